The number of nitrogens with zero attached hydrogens (tertiary/aromatic N) is 2. The molecule has 0 spiro atoms. The van der Waals surface area contributed by atoms with Crippen molar-refractivity contribution in [3.63, 3.8) is 0 Å². The van der Waals surface area contributed by atoms with Crippen LogP contribution in [-0.4, -0.2) is 44.6 Å². The minimum absolute atomic E-state index is 0.183. The van der Waals surface area contributed by atoms with Crippen LogP contribution in [0.3, 0.4) is 0 Å². The summed E-state index contributed by atoms with van der Waals surface area (Å²) in [5.74, 6) is 0.255. The molecule has 2 rings (SSSR count). The first-order valence-electron chi connectivity index (χ1n) is 10.1. The minimum atomic E-state index is -0.356. The summed E-state index contributed by atoms with van der Waals surface area (Å²) in [6.45, 7) is 6.47. The highest BCUT2D eigenvalue weighted by molar-refractivity contribution is 6.05. The highest BCUT2D eigenvalue weighted by Gasteiger charge is 2.13. The van der Waals surface area contributed by atoms with Crippen molar-refractivity contribution in [2.45, 2.75) is 25.7 Å². The van der Waals surface area contributed by atoms with E-state index in [2.05, 4.69) is 18.5 Å². The summed E-state index contributed by atoms with van der Waals surface area (Å²) < 4.78 is 18.8. The molecule has 0 radical (unpaired) electrons. The normalized spacial score (nSPS) is 10.8. The first-order chi connectivity index (χ1) is 14.0. The first-order valence-corrected chi connectivity index (χ1v) is 10.1. The molecule has 0 saturated carbocycles. The van der Waals surface area contributed by atoms with E-state index in [0.29, 0.717) is 12.2 Å². The van der Waals surface area contributed by atoms with E-state index in [0.717, 1.165) is 37.4 Å². The molecule has 5 heteroatoms. The lowest BCUT2D eigenvalue weighted by Gasteiger charge is -2.18. The Bertz CT molecular complexity index is 759. The van der Waals surface area contributed by atoms with Gasteiger partial charge in [0.1, 0.15) is 11.6 Å². The Balaban J connectivity index is 1.71. The van der Waals surface area contributed by atoms with Crippen LogP contribution in [0.1, 0.15) is 36.0 Å². The summed E-state index contributed by atoms with van der Waals surface area (Å²) in [5.41, 5.74) is 1.21. The number of halogens is 1. The third-order valence-corrected chi connectivity index (χ3v) is 4.76. The standard InChI is InChI=1S/C24H31FN2O2/c1-4-17-26(2)18-7-5-6-8-19-29-23-15-13-22(14-16-23)27(3)24(28)20-9-11-21(25)12-10-20/h4,9-16H,1,5-8,17-19H2,2-3H3. The number of unbranched alkanes of at least 4 members (excludes halogenated alkanes) is 3. The maximum atomic E-state index is 13.0. The number of carbonyl (C=O) groups excluding carboxylic acids is 1. The van der Waals surface area contributed by atoms with Gasteiger partial charge in [-0.15, -0.1) is 6.58 Å². The molecular weight excluding hydrogens is 367 g/mol. The molecule has 0 fully saturated rings. The molecule has 4 nitrogen and oxygen atoms in total. The monoisotopic (exact) mass is 398 g/mol. The Kier molecular flexibility index (Phi) is 9.38. The molecule has 0 N–H and O–H groups in total. The molecule has 0 saturated heterocycles. The van der Waals surface area contributed by atoms with E-state index in [-0.39, 0.29) is 11.7 Å². The third-order valence-electron chi connectivity index (χ3n) is 4.76. The van der Waals surface area contributed by atoms with Gasteiger partial charge in [0.15, 0.2) is 0 Å². The molecule has 2 aromatic carbocycles. The lowest BCUT2D eigenvalue weighted by Crippen LogP contribution is -2.26. The molecule has 0 heterocycles. The van der Waals surface area contributed by atoms with Crippen LogP contribution in [0.25, 0.3) is 0 Å². The molecule has 0 aliphatic heterocycles. The topological polar surface area (TPSA) is 32.8 Å². The number of benzene rings is 2. The van der Waals surface area contributed by atoms with Gasteiger partial charge in [0.2, 0.25) is 0 Å². The first kappa shape index (κ1) is 22.6. The molecule has 156 valence electrons. The molecular formula is C24H31FN2O2. The third kappa shape index (κ3) is 7.70. The zero-order chi connectivity index (χ0) is 21.1. The predicted molar refractivity (Wildman–Crippen MR) is 117 cm³/mol. The quantitative estimate of drug-likeness (QED) is 0.366. The highest BCUT2D eigenvalue weighted by atomic mass is 19.1. The predicted octanol–water partition coefficient (Wildman–Crippen LogP) is 5.16. The van der Waals surface area contributed by atoms with Crippen LogP contribution in [0.5, 0.6) is 5.75 Å². The molecule has 0 aliphatic rings. The van der Waals surface area contributed by atoms with Crippen molar-refractivity contribution in [3.8, 4) is 5.75 Å². The Labute approximate surface area is 173 Å². The minimum Gasteiger partial charge on any atom is -0.494 e. The number of amides is 1. The van der Waals surface area contributed by atoms with Gasteiger partial charge in [0.05, 0.1) is 6.61 Å². The molecule has 0 bridgehead atoms. The number of rotatable bonds is 12. The molecule has 0 aliphatic carbocycles. The maximum absolute atomic E-state index is 13.0. The fraction of sp³-hybridized carbons (Fsp3) is 0.375. The Morgan fingerprint density at radius 2 is 1.66 bits per heavy atom. The average molecular weight is 399 g/mol. The smallest absolute Gasteiger partial charge is 0.258 e. The second-order valence-electron chi connectivity index (χ2n) is 7.18. The highest BCUT2D eigenvalue weighted by Crippen LogP contribution is 2.20. The summed E-state index contributed by atoms with van der Waals surface area (Å²) in [7, 11) is 3.81. The molecule has 0 aromatic heterocycles. The van der Waals surface area contributed by atoms with E-state index in [1.165, 1.54) is 37.1 Å². The lowest BCUT2D eigenvalue weighted by molar-refractivity contribution is 0.0993. The van der Waals surface area contributed by atoms with Crippen molar-refractivity contribution >= 4 is 11.6 Å². The lowest BCUT2D eigenvalue weighted by atomic mass is 10.2. The van der Waals surface area contributed by atoms with E-state index >= 15 is 0 Å². The van der Waals surface area contributed by atoms with Crippen molar-refractivity contribution < 1.29 is 13.9 Å². The van der Waals surface area contributed by atoms with Gasteiger partial charge in [-0.3, -0.25) is 4.79 Å². The van der Waals surface area contributed by atoms with Crippen LogP contribution in [0.15, 0.2) is 61.2 Å². The van der Waals surface area contributed by atoms with Gasteiger partial charge in [-0.1, -0.05) is 18.9 Å². The number of carbonyl (C=O) groups is 1. The second-order valence-corrected chi connectivity index (χ2v) is 7.18. The molecule has 29 heavy (non-hydrogen) atoms. The summed E-state index contributed by atoms with van der Waals surface area (Å²) >= 11 is 0. The van der Waals surface area contributed by atoms with Gasteiger partial charge in [-0.25, -0.2) is 4.39 Å². The zero-order valence-electron chi connectivity index (χ0n) is 17.4. The average Bonchev–Trinajstić information content (AvgIpc) is 2.73. The largest absolute Gasteiger partial charge is 0.494 e. The molecule has 2 aromatic rings. The van der Waals surface area contributed by atoms with Gasteiger partial charge in [0, 0.05) is 24.8 Å². The van der Waals surface area contributed by atoms with Gasteiger partial charge in [-0.2, -0.15) is 0 Å². The van der Waals surface area contributed by atoms with Crippen molar-refractivity contribution in [1.29, 1.82) is 0 Å². The summed E-state index contributed by atoms with van der Waals surface area (Å²) in [6.07, 6.45) is 6.48. The van der Waals surface area contributed by atoms with Crippen molar-refractivity contribution in [1.82, 2.24) is 4.90 Å². The van der Waals surface area contributed by atoms with Crippen molar-refractivity contribution in [3.05, 3.63) is 72.6 Å². The van der Waals surface area contributed by atoms with Gasteiger partial charge in [-0.05, 0) is 75.0 Å². The van der Waals surface area contributed by atoms with Gasteiger partial charge in [0.25, 0.3) is 5.91 Å². The van der Waals surface area contributed by atoms with E-state index in [1.807, 2.05) is 30.3 Å². The van der Waals surface area contributed by atoms with Crippen molar-refractivity contribution in [2.75, 3.05) is 38.7 Å². The fourth-order valence-electron chi connectivity index (χ4n) is 3.01. The van der Waals surface area contributed by atoms with E-state index in [9.17, 15) is 9.18 Å². The maximum Gasteiger partial charge on any atom is 0.258 e. The number of hydrogen-bond acceptors (Lipinski definition) is 3. The van der Waals surface area contributed by atoms with Gasteiger partial charge >= 0.3 is 0 Å². The van der Waals surface area contributed by atoms with Gasteiger partial charge < -0.3 is 14.5 Å². The summed E-state index contributed by atoms with van der Waals surface area (Å²) in [6, 6.07) is 13.0. The Hall–Kier alpha value is -2.66. The summed E-state index contributed by atoms with van der Waals surface area (Å²) in [4.78, 5) is 16.3. The van der Waals surface area contributed by atoms with Crippen LogP contribution >= 0.6 is 0 Å². The Morgan fingerprint density at radius 3 is 2.31 bits per heavy atom. The van der Waals surface area contributed by atoms with E-state index in [1.54, 1.807) is 11.9 Å². The molecule has 0 atom stereocenters. The van der Waals surface area contributed by atoms with Crippen LogP contribution in [0, 0.1) is 5.82 Å². The molecule has 0 unspecified atom stereocenters. The summed E-state index contributed by atoms with van der Waals surface area (Å²) in [5, 5.41) is 0. The van der Waals surface area contributed by atoms with Crippen LogP contribution in [0.2, 0.25) is 0 Å². The van der Waals surface area contributed by atoms with Crippen LogP contribution in [0.4, 0.5) is 10.1 Å². The van der Waals surface area contributed by atoms with Crippen molar-refractivity contribution in [2.24, 2.45) is 0 Å². The second kappa shape index (κ2) is 12.0. The molecule has 1 amide bonds. The number of anilines is 1. The fourth-order valence-corrected chi connectivity index (χ4v) is 3.01. The van der Waals surface area contributed by atoms with E-state index < -0.39 is 0 Å². The Morgan fingerprint density at radius 1 is 1.00 bits per heavy atom. The number of hydrogen-bond donors (Lipinski definition) is 0. The number of likely N-dealkylation sites (N-methyl/N-ethyl adjacent to an activating group) is 1. The zero-order valence-corrected chi connectivity index (χ0v) is 17.4. The number of ether oxygens (including phenoxy) is 1. The van der Waals surface area contributed by atoms with Crippen LogP contribution < -0.4 is 9.64 Å². The van der Waals surface area contributed by atoms with Crippen LogP contribution in [-0.2, 0) is 0 Å². The van der Waals surface area contributed by atoms with E-state index in [4.69, 9.17) is 4.74 Å². The SMILES string of the molecule is C=CCN(C)CCCCCCOc1ccc(N(C)C(=O)c2ccc(F)cc2)cc1.